The van der Waals surface area contributed by atoms with E-state index >= 15 is 0 Å². The lowest BCUT2D eigenvalue weighted by Crippen LogP contribution is -2.04. The molecule has 2 N–H and O–H groups in total. The largest absolute Gasteiger partial charge is 0.354 e. The van der Waals surface area contributed by atoms with E-state index in [2.05, 4.69) is 45.7 Å². The molecule has 0 aliphatic rings. The van der Waals surface area contributed by atoms with E-state index in [1.54, 1.807) is 11.3 Å². The highest BCUT2D eigenvalue weighted by Gasteiger charge is 2.09. The van der Waals surface area contributed by atoms with E-state index in [0.29, 0.717) is 5.95 Å². The molecule has 5 heteroatoms. The molecule has 20 heavy (non-hydrogen) atoms. The predicted molar refractivity (Wildman–Crippen MR) is 86.0 cm³/mol. The van der Waals surface area contributed by atoms with Crippen LogP contribution in [0.1, 0.15) is 12.5 Å². The Morgan fingerprint density at radius 3 is 2.80 bits per heavy atom. The van der Waals surface area contributed by atoms with Crippen molar-refractivity contribution in [2.75, 3.05) is 17.2 Å². The number of aromatic nitrogens is 2. The van der Waals surface area contributed by atoms with Crippen LogP contribution in [0.15, 0.2) is 35.7 Å². The van der Waals surface area contributed by atoms with Crippen LogP contribution in [-0.2, 0) is 0 Å². The first-order valence-corrected chi connectivity index (χ1v) is 7.47. The van der Waals surface area contributed by atoms with Crippen molar-refractivity contribution < 1.29 is 0 Å². The van der Waals surface area contributed by atoms with Gasteiger partial charge in [0.25, 0.3) is 0 Å². The molecule has 2 heterocycles. The van der Waals surface area contributed by atoms with Crippen LogP contribution in [0.25, 0.3) is 10.2 Å². The van der Waals surface area contributed by atoms with E-state index in [0.717, 1.165) is 28.3 Å². The number of aryl methyl sites for hydroxylation is 1. The van der Waals surface area contributed by atoms with Crippen molar-refractivity contribution in [2.45, 2.75) is 13.8 Å². The molecule has 3 rings (SSSR count). The SMILES string of the molecule is CCNc1nc(Nc2ccccc2C)c2ccsc2n1. The average molecular weight is 284 g/mol. The summed E-state index contributed by atoms with van der Waals surface area (Å²) in [6.07, 6.45) is 0. The van der Waals surface area contributed by atoms with Gasteiger partial charge in [0.2, 0.25) is 5.95 Å². The van der Waals surface area contributed by atoms with Gasteiger partial charge in [0.05, 0.1) is 5.39 Å². The maximum Gasteiger partial charge on any atom is 0.226 e. The van der Waals surface area contributed by atoms with Crippen molar-refractivity contribution >= 4 is 39.0 Å². The smallest absolute Gasteiger partial charge is 0.226 e. The molecule has 0 spiro atoms. The third-order valence-electron chi connectivity index (χ3n) is 3.06. The van der Waals surface area contributed by atoms with E-state index in [4.69, 9.17) is 0 Å². The number of fused-ring (bicyclic) bond motifs is 1. The van der Waals surface area contributed by atoms with E-state index in [-0.39, 0.29) is 0 Å². The molecule has 0 bridgehead atoms. The fourth-order valence-electron chi connectivity index (χ4n) is 2.03. The van der Waals surface area contributed by atoms with Gasteiger partial charge >= 0.3 is 0 Å². The zero-order chi connectivity index (χ0) is 13.9. The van der Waals surface area contributed by atoms with Gasteiger partial charge in [-0.3, -0.25) is 0 Å². The first-order chi connectivity index (χ1) is 9.78. The maximum atomic E-state index is 4.57. The van der Waals surface area contributed by atoms with Crippen molar-refractivity contribution in [1.29, 1.82) is 0 Å². The molecule has 0 radical (unpaired) electrons. The fourth-order valence-corrected chi connectivity index (χ4v) is 2.79. The molecule has 0 aliphatic carbocycles. The summed E-state index contributed by atoms with van der Waals surface area (Å²) < 4.78 is 0. The number of rotatable bonds is 4. The summed E-state index contributed by atoms with van der Waals surface area (Å²) in [4.78, 5) is 10.1. The van der Waals surface area contributed by atoms with Crippen LogP contribution in [-0.4, -0.2) is 16.5 Å². The van der Waals surface area contributed by atoms with Crippen LogP contribution in [0.3, 0.4) is 0 Å². The topological polar surface area (TPSA) is 49.8 Å². The summed E-state index contributed by atoms with van der Waals surface area (Å²) in [5.74, 6) is 1.51. The molecule has 1 aromatic carbocycles. The zero-order valence-electron chi connectivity index (χ0n) is 11.5. The Labute approximate surface area is 121 Å². The maximum absolute atomic E-state index is 4.57. The highest BCUT2D eigenvalue weighted by molar-refractivity contribution is 7.16. The van der Waals surface area contributed by atoms with Crippen LogP contribution in [0.5, 0.6) is 0 Å². The average Bonchev–Trinajstić information content (AvgIpc) is 2.90. The molecule has 0 amide bonds. The third-order valence-corrected chi connectivity index (χ3v) is 3.86. The van der Waals surface area contributed by atoms with Crippen molar-refractivity contribution in [3.05, 3.63) is 41.3 Å². The van der Waals surface area contributed by atoms with Crippen LogP contribution in [0.4, 0.5) is 17.5 Å². The van der Waals surface area contributed by atoms with Crippen LogP contribution in [0, 0.1) is 6.92 Å². The number of nitrogens with one attached hydrogen (secondary N) is 2. The molecule has 2 aromatic heterocycles. The summed E-state index contributed by atoms with van der Waals surface area (Å²) in [5.41, 5.74) is 2.26. The molecular formula is C15H16N4S. The van der Waals surface area contributed by atoms with E-state index in [1.807, 2.05) is 24.4 Å². The molecule has 0 aliphatic heterocycles. The summed E-state index contributed by atoms with van der Waals surface area (Å²) in [6, 6.07) is 10.2. The van der Waals surface area contributed by atoms with Crippen molar-refractivity contribution in [1.82, 2.24) is 9.97 Å². The number of hydrogen-bond donors (Lipinski definition) is 2. The monoisotopic (exact) mass is 284 g/mol. The van der Waals surface area contributed by atoms with Crippen LogP contribution in [0.2, 0.25) is 0 Å². The second-order valence-corrected chi connectivity index (χ2v) is 5.40. The van der Waals surface area contributed by atoms with Gasteiger partial charge in [0.15, 0.2) is 0 Å². The van der Waals surface area contributed by atoms with Gasteiger partial charge in [0.1, 0.15) is 10.6 Å². The van der Waals surface area contributed by atoms with Crippen molar-refractivity contribution in [3.63, 3.8) is 0 Å². The number of benzene rings is 1. The van der Waals surface area contributed by atoms with Gasteiger partial charge in [0, 0.05) is 12.2 Å². The first kappa shape index (κ1) is 12.9. The molecule has 0 atom stereocenters. The highest BCUT2D eigenvalue weighted by Crippen LogP contribution is 2.29. The lowest BCUT2D eigenvalue weighted by molar-refractivity contribution is 1.11. The molecule has 0 fully saturated rings. The fraction of sp³-hybridized carbons (Fsp3) is 0.200. The Balaban J connectivity index is 2.05. The molecule has 3 aromatic rings. The number of hydrogen-bond acceptors (Lipinski definition) is 5. The van der Waals surface area contributed by atoms with Gasteiger partial charge in [-0.1, -0.05) is 18.2 Å². The number of anilines is 3. The van der Waals surface area contributed by atoms with Crippen LogP contribution >= 0.6 is 11.3 Å². The lowest BCUT2D eigenvalue weighted by atomic mass is 10.2. The van der Waals surface area contributed by atoms with Gasteiger partial charge in [-0.2, -0.15) is 4.98 Å². The quantitative estimate of drug-likeness (QED) is 0.754. The van der Waals surface area contributed by atoms with Gasteiger partial charge in [-0.15, -0.1) is 11.3 Å². The predicted octanol–water partition coefficient (Wildman–Crippen LogP) is 4.18. The highest BCUT2D eigenvalue weighted by atomic mass is 32.1. The van der Waals surface area contributed by atoms with Crippen molar-refractivity contribution in [2.24, 2.45) is 0 Å². The second-order valence-electron chi connectivity index (χ2n) is 4.51. The molecule has 0 saturated heterocycles. The van der Waals surface area contributed by atoms with Gasteiger partial charge in [-0.05, 0) is 36.9 Å². The molecule has 0 unspecified atom stereocenters. The standard InChI is InChI=1S/C15H16N4S/c1-3-16-15-18-13(11-8-9-20-14(11)19-15)17-12-7-5-4-6-10(12)2/h4-9H,3H2,1-2H3,(H2,16,17,18,19). The first-order valence-electron chi connectivity index (χ1n) is 6.59. The Morgan fingerprint density at radius 1 is 1.15 bits per heavy atom. The lowest BCUT2D eigenvalue weighted by Gasteiger charge is -2.11. The minimum atomic E-state index is 0.665. The second kappa shape index (κ2) is 5.46. The minimum absolute atomic E-state index is 0.665. The Hall–Kier alpha value is -2.14. The Bertz CT molecular complexity index is 736. The van der Waals surface area contributed by atoms with E-state index < -0.39 is 0 Å². The molecule has 102 valence electrons. The number of nitrogens with zero attached hydrogens (tertiary/aromatic N) is 2. The summed E-state index contributed by atoms with van der Waals surface area (Å²) in [6.45, 7) is 4.93. The zero-order valence-corrected chi connectivity index (χ0v) is 12.3. The summed E-state index contributed by atoms with van der Waals surface area (Å²) in [7, 11) is 0. The molecule has 0 saturated carbocycles. The van der Waals surface area contributed by atoms with E-state index in [9.17, 15) is 0 Å². The van der Waals surface area contributed by atoms with Crippen molar-refractivity contribution in [3.8, 4) is 0 Å². The third kappa shape index (κ3) is 2.44. The Morgan fingerprint density at radius 2 is 2.00 bits per heavy atom. The molecule has 4 nitrogen and oxygen atoms in total. The van der Waals surface area contributed by atoms with E-state index in [1.165, 1.54) is 5.56 Å². The number of thiophene rings is 1. The summed E-state index contributed by atoms with van der Waals surface area (Å²) >= 11 is 1.63. The summed E-state index contributed by atoms with van der Waals surface area (Å²) in [5, 5.41) is 9.69. The molecular weight excluding hydrogens is 268 g/mol. The Kier molecular flexibility index (Phi) is 3.52. The van der Waals surface area contributed by atoms with Gasteiger partial charge < -0.3 is 10.6 Å². The minimum Gasteiger partial charge on any atom is -0.354 e. The normalized spacial score (nSPS) is 10.7. The number of para-hydroxylation sites is 1. The van der Waals surface area contributed by atoms with Crippen LogP contribution < -0.4 is 10.6 Å². The van der Waals surface area contributed by atoms with Gasteiger partial charge in [-0.25, -0.2) is 4.98 Å².